The molecule has 0 radical (unpaired) electrons. The van der Waals surface area contributed by atoms with Crippen LogP contribution in [0.1, 0.15) is 29.9 Å². The Kier molecular flexibility index (Phi) is 2.40. The summed E-state index contributed by atoms with van der Waals surface area (Å²) in [6.07, 6.45) is 2.68. The molecular formula is C16H16O. The van der Waals surface area contributed by atoms with Crippen LogP contribution in [0, 0.1) is 6.92 Å². The molecule has 2 aromatic carbocycles. The van der Waals surface area contributed by atoms with Crippen molar-refractivity contribution in [3.8, 4) is 16.9 Å². The number of hydrogen-bond acceptors (Lipinski definition) is 1. The summed E-state index contributed by atoms with van der Waals surface area (Å²) >= 11 is 0. The lowest BCUT2D eigenvalue weighted by molar-refractivity contribution is 0.471. The average molecular weight is 224 g/mol. The van der Waals surface area contributed by atoms with Crippen LogP contribution in [0.15, 0.2) is 42.5 Å². The zero-order chi connectivity index (χ0) is 11.8. The molecule has 0 spiro atoms. The van der Waals surface area contributed by atoms with E-state index in [0.29, 0.717) is 5.75 Å². The molecule has 1 N–H and O–H groups in total. The fraction of sp³-hybridized carbons (Fsp3) is 0.250. The number of aryl methyl sites for hydroxylation is 1. The van der Waals surface area contributed by atoms with Gasteiger partial charge in [0.25, 0.3) is 0 Å². The average Bonchev–Trinajstić information content (AvgIpc) is 3.17. The quantitative estimate of drug-likeness (QED) is 0.808. The summed E-state index contributed by atoms with van der Waals surface area (Å²) in [5, 5.41) is 9.71. The highest BCUT2D eigenvalue weighted by Crippen LogP contribution is 2.40. The van der Waals surface area contributed by atoms with E-state index in [1.54, 1.807) is 0 Å². The van der Waals surface area contributed by atoms with Crippen molar-refractivity contribution in [2.24, 2.45) is 0 Å². The van der Waals surface area contributed by atoms with Gasteiger partial charge in [-0.3, -0.25) is 0 Å². The first-order chi connectivity index (χ1) is 8.24. The molecule has 1 fully saturated rings. The number of aromatic hydroxyl groups is 1. The van der Waals surface area contributed by atoms with Gasteiger partial charge in [0, 0.05) is 0 Å². The molecule has 1 aliphatic carbocycles. The van der Waals surface area contributed by atoms with Crippen molar-refractivity contribution in [3.05, 3.63) is 53.6 Å². The van der Waals surface area contributed by atoms with Crippen LogP contribution in [0.5, 0.6) is 5.75 Å². The fourth-order valence-electron chi connectivity index (χ4n) is 2.15. The fourth-order valence-corrected chi connectivity index (χ4v) is 2.15. The van der Waals surface area contributed by atoms with Crippen LogP contribution in [0.4, 0.5) is 0 Å². The molecule has 0 saturated heterocycles. The molecule has 0 aromatic heterocycles. The second-order valence-corrected chi connectivity index (χ2v) is 4.90. The Morgan fingerprint density at radius 2 is 1.59 bits per heavy atom. The normalized spacial score (nSPS) is 14.9. The van der Waals surface area contributed by atoms with Gasteiger partial charge in [-0.25, -0.2) is 0 Å². The van der Waals surface area contributed by atoms with E-state index in [-0.39, 0.29) is 0 Å². The van der Waals surface area contributed by atoms with Gasteiger partial charge in [-0.2, -0.15) is 0 Å². The highest BCUT2D eigenvalue weighted by Gasteiger charge is 2.22. The van der Waals surface area contributed by atoms with Gasteiger partial charge in [0.2, 0.25) is 0 Å². The van der Waals surface area contributed by atoms with E-state index in [2.05, 4.69) is 30.3 Å². The van der Waals surface area contributed by atoms with E-state index in [4.69, 9.17) is 0 Å². The van der Waals surface area contributed by atoms with Crippen molar-refractivity contribution >= 4 is 0 Å². The summed E-state index contributed by atoms with van der Waals surface area (Å²) in [7, 11) is 0. The van der Waals surface area contributed by atoms with Gasteiger partial charge < -0.3 is 5.11 Å². The van der Waals surface area contributed by atoms with Crippen molar-refractivity contribution < 1.29 is 5.11 Å². The number of hydrogen-bond donors (Lipinski definition) is 1. The lowest BCUT2D eigenvalue weighted by Crippen LogP contribution is -1.82. The van der Waals surface area contributed by atoms with Crippen LogP contribution in [0.3, 0.4) is 0 Å². The minimum atomic E-state index is 0.369. The molecule has 0 atom stereocenters. The van der Waals surface area contributed by atoms with Gasteiger partial charge in [-0.05, 0) is 54.0 Å². The third-order valence-corrected chi connectivity index (χ3v) is 3.50. The Labute approximate surface area is 102 Å². The van der Waals surface area contributed by atoms with Crippen LogP contribution in [-0.4, -0.2) is 5.11 Å². The van der Waals surface area contributed by atoms with Crippen molar-refractivity contribution in [2.75, 3.05) is 0 Å². The molecule has 2 aromatic rings. The van der Waals surface area contributed by atoms with Gasteiger partial charge in [0.1, 0.15) is 5.75 Å². The van der Waals surface area contributed by atoms with Crippen molar-refractivity contribution in [2.45, 2.75) is 25.7 Å². The Bertz CT molecular complexity index is 536. The molecule has 0 bridgehead atoms. The van der Waals surface area contributed by atoms with Gasteiger partial charge in [-0.1, -0.05) is 36.4 Å². The third kappa shape index (κ3) is 2.05. The number of phenolic OH excluding ortho intramolecular Hbond substituents is 1. The first kappa shape index (κ1) is 10.4. The van der Waals surface area contributed by atoms with Crippen molar-refractivity contribution in [1.29, 1.82) is 0 Å². The molecule has 1 heteroatoms. The monoisotopic (exact) mass is 224 g/mol. The first-order valence-corrected chi connectivity index (χ1v) is 6.14. The Balaban J connectivity index is 1.94. The molecule has 0 unspecified atom stereocenters. The summed E-state index contributed by atoms with van der Waals surface area (Å²) in [5.74, 6) is 1.17. The molecule has 86 valence electrons. The zero-order valence-corrected chi connectivity index (χ0v) is 9.98. The second kappa shape index (κ2) is 3.92. The minimum absolute atomic E-state index is 0.369. The molecule has 0 aliphatic heterocycles. The molecule has 0 amide bonds. The van der Waals surface area contributed by atoms with Crippen LogP contribution in [0.25, 0.3) is 11.1 Å². The maximum absolute atomic E-state index is 9.71. The number of phenols is 1. The van der Waals surface area contributed by atoms with E-state index in [0.717, 1.165) is 17.0 Å². The first-order valence-electron chi connectivity index (χ1n) is 6.14. The van der Waals surface area contributed by atoms with Gasteiger partial charge in [0.15, 0.2) is 0 Å². The predicted molar refractivity (Wildman–Crippen MR) is 70.3 cm³/mol. The largest absolute Gasteiger partial charge is 0.508 e. The third-order valence-electron chi connectivity index (χ3n) is 3.50. The van der Waals surface area contributed by atoms with E-state index < -0.39 is 0 Å². The molecule has 1 nitrogen and oxygen atoms in total. The van der Waals surface area contributed by atoms with Crippen molar-refractivity contribution in [1.82, 2.24) is 0 Å². The van der Waals surface area contributed by atoms with E-state index in [9.17, 15) is 5.11 Å². The van der Waals surface area contributed by atoms with E-state index in [1.807, 2.05) is 19.1 Å². The summed E-state index contributed by atoms with van der Waals surface area (Å²) < 4.78 is 0. The second-order valence-electron chi connectivity index (χ2n) is 4.90. The molecule has 17 heavy (non-hydrogen) atoms. The Hall–Kier alpha value is -1.76. The predicted octanol–water partition coefficient (Wildman–Crippen LogP) is 4.25. The molecule has 1 saturated carbocycles. The van der Waals surface area contributed by atoms with Crippen LogP contribution in [0.2, 0.25) is 0 Å². The van der Waals surface area contributed by atoms with Crippen LogP contribution >= 0.6 is 0 Å². The summed E-state index contributed by atoms with van der Waals surface area (Å²) in [5.41, 5.74) is 4.62. The zero-order valence-electron chi connectivity index (χ0n) is 9.98. The maximum atomic E-state index is 9.71. The number of benzene rings is 2. The van der Waals surface area contributed by atoms with Crippen molar-refractivity contribution in [3.63, 3.8) is 0 Å². The standard InChI is InChI=1S/C16H16O/c1-11-2-3-15(10-16(11)17)14-8-6-13(7-9-14)12-4-5-12/h2-3,6-10,12,17H,4-5H2,1H3. The maximum Gasteiger partial charge on any atom is 0.119 e. The molecule has 1 aliphatic rings. The van der Waals surface area contributed by atoms with Gasteiger partial charge >= 0.3 is 0 Å². The minimum Gasteiger partial charge on any atom is -0.508 e. The van der Waals surface area contributed by atoms with Crippen LogP contribution < -0.4 is 0 Å². The highest BCUT2D eigenvalue weighted by atomic mass is 16.3. The molecule has 3 rings (SSSR count). The summed E-state index contributed by atoms with van der Waals surface area (Å²) in [4.78, 5) is 0. The van der Waals surface area contributed by atoms with Crippen LogP contribution in [-0.2, 0) is 0 Å². The Morgan fingerprint density at radius 1 is 0.941 bits per heavy atom. The highest BCUT2D eigenvalue weighted by molar-refractivity contribution is 5.66. The van der Waals surface area contributed by atoms with Gasteiger partial charge in [0.05, 0.1) is 0 Å². The topological polar surface area (TPSA) is 20.2 Å². The Morgan fingerprint density at radius 3 is 2.18 bits per heavy atom. The number of rotatable bonds is 2. The lowest BCUT2D eigenvalue weighted by Gasteiger charge is -2.06. The molecule has 0 heterocycles. The lowest BCUT2D eigenvalue weighted by atomic mass is 10.0. The van der Waals surface area contributed by atoms with Gasteiger partial charge in [-0.15, -0.1) is 0 Å². The van der Waals surface area contributed by atoms with E-state index in [1.165, 1.54) is 24.0 Å². The summed E-state index contributed by atoms with van der Waals surface area (Å²) in [6.45, 7) is 1.91. The SMILES string of the molecule is Cc1ccc(-c2ccc(C3CC3)cc2)cc1O. The summed E-state index contributed by atoms with van der Waals surface area (Å²) in [6, 6.07) is 14.6. The van der Waals surface area contributed by atoms with E-state index >= 15 is 0 Å². The smallest absolute Gasteiger partial charge is 0.119 e. The molecular weight excluding hydrogens is 208 g/mol.